The van der Waals surface area contributed by atoms with Crippen LogP contribution in [0.3, 0.4) is 0 Å². The lowest BCUT2D eigenvalue weighted by molar-refractivity contribution is -0.120. The first-order valence-electron chi connectivity index (χ1n) is 12.9. The summed E-state index contributed by atoms with van der Waals surface area (Å²) in [4.78, 5) is 19.6. The Morgan fingerprint density at radius 1 is 1.06 bits per heavy atom. The Labute approximate surface area is 212 Å². The highest BCUT2D eigenvalue weighted by Gasteiger charge is 2.48. The molecule has 2 aliphatic carbocycles. The molecule has 36 heavy (non-hydrogen) atoms. The van der Waals surface area contributed by atoms with E-state index in [4.69, 9.17) is 10.5 Å². The minimum atomic E-state index is -0.506. The number of anilines is 1. The summed E-state index contributed by atoms with van der Waals surface area (Å²) in [6.07, 6.45) is 4.83. The van der Waals surface area contributed by atoms with Crippen molar-refractivity contribution in [3.05, 3.63) is 78.4 Å². The molecule has 6 heteroatoms. The average Bonchev–Trinajstić information content (AvgIpc) is 3.56. The summed E-state index contributed by atoms with van der Waals surface area (Å²) in [6.45, 7) is 4.51. The third-order valence-electron chi connectivity index (χ3n) is 7.30. The van der Waals surface area contributed by atoms with Crippen LogP contribution in [0.25, 0.3) is 11.1 Å². The van der Waals surface area contributed by atoms with E-state index < -0.39 is 5.95 Å². The van der Waals surface area contributed by atoms with Gasteiger partial charge in [-0.25, -0.2) is 4.98 Å². The zero-order valence-electron chi connectivity index (χ0n) is 21.0. The smallest absolute Gasteiger partial charge is 0.230 e. The number of amides is 1. The zero-order valence-corrected chi connectivity index (χ0v) is 21.0. The molecule has 5 rings (SSSR count). The van der Waals surface area contributed by atoms with E-state index in [-0.39, 0.29) is 29.4 Å². The normalized spacial score (nSPS) is 20.4. The Balaban J connectivity index is 1.36. The fourth-order valence-electron chi connectivity index (χ4n) is 5.31. The van der Waals surface area contributed by atoms with Crippen molar-refractivity contribution in [2.75, 3.05) is 11.4 Å². The first kappa shape index (κ1) is 24.4. The fraction of sp³-hybridized carbons (Fsp3) is 0.400. The first-order chi connectivity index (χ1) is 17.3. The van der Waals surface area contributed by atoms with Gasteiger partial charge in [0, 0.05) is 35.3 Å². The van der Waals surface area contributed by atoms with Crippen LogP contribution in [0, 0.1) is 11.9 Å². The van der Waals surface area contributed by atoms with E-state index in [1.165, 1.54) is 6.07 Å². The van der Waals surface area contributed by atoms with E-state index in [0.29, 0.717) is 18.7 Å². The van der Waals surface area contributed by atoms with Crippen molar-refractivity contribution in [1.29, 1.82) is 0 Å². The predicted octanol–water partition coefficient (Wildman–Crippen LogP) is 6.08. The van der Waals surface area contributed by atoms with E-state index in [1.54, 1.807) is 12.1 Å². The highest BCUT2D eigenvalue weighted by atomic mass is 19.1. The van der Waals surface area contributed by atoms with Gasteiger partial charge in [0.15, 0.2) is 0 Å². The lowest BCUT2D eigenvalue weighted by Gasteiger charge is -2.33. The second-order valence-corrected chi connectivity index (χ2v) is 10.6. The van der Waals surface area contributed by atoms with Crippen molar-refractivity contribution < 1.29 is 13.9 Å². The molecule has 0 bridgehead atoms. The number of rotatable bonds is 8. The molecule has 0 spiro atoms. The molecule has 2 atom stereocenters. The summed E-state index contributed by atoms with van der Waals surface area (Å²) >= 11 is 0. The van der Waals surface area contributed by atoms with Gasteiger partial charge in [0.2, 0.25) is 11.9 Å². The van der Waals surface area contributed by atoms with Gasteiger partial charge in [-0.05, 0) is 80.6 Å². The number of hydrogen-bond donors (Lipinski definition) is 1. The molecule has 5 nitrogen and oxygen atoms in total. The number of nitrogens with two attached hydrogens (primary N) is 1. The maximum atomic E-state index is 13.7. The SMILES string of the molecule is CC(C)Oc1ccc(-c2ccc(N(CC3(N)CCCC3)C(=O)[C@H]3C[C@@H]3c3cccc(F)n3)cc2)cc1. The molecule has 2 aliphatic rings. The number of pyridine rings is 1. The minimum Gasteiger partial charge on any atom is -0.491 e. The molecule has 0 radical (unpaired) electrons. The standard InChI is InChI=1S/C30H34FN3O2/c1-20(2)36-24-14-10-22(11-15-24)21-8-12-23(13-9-21)34(19-30(32)16-3-4-17-30)29(35)26-18-25(26)27-6-5-7-28(31)33-27/h5-15,20,25-26H,3-4,16-19,32H2,1-2H3/t25-,26-/m0/s1. The molecular weight excluding hydrogens is 453 g/mol. The van der Waals surface area contributed by atoms with Crippen molar-refractivity contribution in [2.24, 2.45) is 11.7 Å². The molecule has 3 aromatic rings. The lowest BCUT2D eigenvalue weighted by Crippen LogP contribution is -2.50. The van der Waals surface area contributed by atoms with E-state index in [9.17, 15) is 9.18 Å². The van der Waals surface area contributed by atoms with Crippen molar-refractivity contribution in [2.45, 2.75) is 63.5 Å². The number of ether oxygens (including phenoxy) is 1. The molecule has 188 valence electrons. The largest absolute Gasteiger partial charge is 0.491 e. The van der Waals surface area contributed by atoms with Gasteiger partial charge in [0.1, 0.15) is 5.75 Å². The number of hydrogen-bond acceptors (Lipinski definition) is 4. The Morgan fingerprint density at radius 3 is 2.31 bits per heavy atom. The summed E-state index contributed by atoms with van der Waals surface area (Å²) in [5, 5.41) is 0. The highest BCUT2D eigenvalue weighted by Crippen LogP contribution is 2.48. The van der Waals surface area contributed by atoms with E-state index >= 15 is 0 Å². The predicted molar refractivity (Wildman–Crippen MR) is 140 cm³/mol. The summed E-state index contributed by atoms with van der Waals surface area (Å²) in [5.74, 6) is 0.148. The Hall–Kier alpha value is -3.25. The number of carbonyl (C=O) groups excluding carboxylic acids is 1. The van der Waals surface area contributed by atoms with Crippen LogP contribution in [-0.4, -0.2) is 29.1 Å². The molecule has 2 N–H and O–H groups in total. The second-order valence-electron chi connectivity index (χ2n) is 10.6. The third-order valence-corrected chi connectivity index (χ3v) is 7.30. The third kappa shape index (κ3) is 5.44. The quantitative estimate of drug-likeness (QED) is 0.391. The number of benzene rings is 2. The zero-order chi connectivity index (χ0) is 25.3. The average molecular weight is 488 g/mol. The van der Waals surface area contributed by atoms with Crippen LogP contribution in [0.1, 0.15) is 57.6 Å². The summed E-state index contributed by atoms with van der Waals surface area (Å²) in [6, 6.07) is 20.9. The highest BCUT2D eigenvalue weighted by molar-refractivity contribution is 5.98. The lowest BCUT2D eigenvalue weighted by atomic mass is 9.97. The first-order valence-corrected chi connectivity index (χ1v) is 12.9. The molecule has 2 saturated carbocycles. The maximum absolute atomic E-state index is 13.7. The van der Waals surface area contributed by atoms with Crippen LogP contribution >= 0.6 is 0 Å². The topological polar surface area (TPSA) is 68.5 Å². The summed E-state index contributed by atoms with van der Waals surface area (Å²) in [7, 11) is 0. The minimum absolute atomic E-state index is 0.0427. The molecule has 2 fully saturated rings. The molecule has 2 aromatic carbocycles. The van der Waals surface area contributed by atoms with Gasteiger partial charge >= 0.3 is 0 Å². The van der Waals surface area contributed by atoms with Gasteiger partial charge in [-0.15, -0.1) is 0 Å². The Kier molecular flexibility index (Phi) is 6.80. The van der Waals surface area contributed by atoms with Gasteiger partial charge < -0.3 is 15.4 Å². The van der Waals surface area contributed by atoms with Crippen molar-refractivity contribution in [3.8, 4) is 16.9 Å². The van der Waals surface area contributed by atoms with Crippen molar-refractivity contribution in [1.82, 2.24) is 4.98 Å². The van der Waals surface area contributed by atoms with E-state index in [1.807, 2.05) is 67.3 Å². The number of nitrogens with zero attached hydrogens (tertiary/aromatic N) is 2. The monoisotopic (exact) mass is 487 g/mol. The van der Waals surface area contributed by atoms with Crippen molar-refractivity contribution in [3.63, 3.8) is 0 Å². The maximum Gasteiger partial charge on any atom is 0.230 e. The molecule has 1 heterocycles. The van der Waals surface area contributed by atoms with Crippen LogP contribution in [0.4, 0.5) is 10.1 Å². The van der Waals surface area contributed by atoms with E-state index in [0.717, 1.165) is 48.2 Å². The van der Waals surface area contributed by atoms with Gasteiger partial charge in [0.05, 0.1) is 6.10 Å². The molecule has 1 aromatic heterocycles. The molecule has 0 saturated heterocycles. The number of halogens is 1. The Bertz CT molecular complexity index is 1200. The summed E-state index contributed by atoms with van der Waals surface area (Å²) in [5.41, 5.74) is 10.00. The molecule has 1 amide bonds. The van der Waals surface area contributed by atoms with Crippen LogP contribution in [-0.2, 0) is 4.79 Å². The van der Waals surface area contributed by atoms with E-state index in [2.05, 4.69) is 4.98 Å². The van der Waals surface area contributed by atoms with Crippen molar-refractivity contribution >= 4 is 11.6 Å². The van der Waals surface area contributed by atoms with Crippen LogP contribution in [0.2, 0.25) is 0 Å². The van der Waals surface area contributed by atoms with Gasteiger partial charge in [0.25, 0.3) is 0 Å². The molecular formula is C30H34FN3O2. The second kappa shape index (κ2) is 10.0. The van der Waals surface area contributed by atoms with Crippen LogP contribution in [0.15, 0.2) is 66.7 Å². The van der Waals surface area contributed by atoms with Crippen LogP contribution in [0.5, 0.6) is 5.75 Å². The summed E-state index contributed by atoms with van der Waals surface area (Å²) < 4.78 is 19.4. The van der Waals surface area contributed by atoms with Crippen LogP contribution < -0.4 is 15.4 Å². The van der Waals surface area contributed by atoms with Gasteiger partial charge in [-0.2, -0.15) is 4.39 Å². The van der Waals surface area contributed by atoms with Gasteiger partial charge in [-0.3, -0.25) is 4.79 Å². The Morgan fingerprint density at radius 2 is 1.69 bits per heavy atom. The number of carbonyl (C=O) groups is 1. The molecule has 0 unspecified atom stereocenters. The number of aromatic nitrogens is 1. The fourth-order valence-corrected chi connectivity index (χ4v) is 5.31. The molecule has 0 aliphatic heterocycles. The van der Waals surface area contributed by atoms with Gasteiger partial charge in [-0.1, -0.05) is 43.2 Å².